The third-order valence-electron chi connectivity index (χ3n) is 6.37. The number of aromatic nitrogens is 2. The molecule has 0 saturated carbocycles. The van der Waals surface area contributed by atoms with Gasteiger partial charge in [0.05, 0.1) is 41.3 Å². The van der Waals surface area contributed by atoms with E-state index in [-0.39, 0.29) is 36.5 Å². The van der Waals surface area contributed by atoms with Crippen molar-refractivity contribution in [2.75, 3.05) is 30.7 Å². The quantitative estimate of drug-likeness (QED) is 0.165. The van der Waals surface area contributed by atoms with Crippen LogP contribution in [0, 0.1) is 6.92 Å². The molecule has 1 N–H and O–H groups in total. The summed E-state index contributed by atoms with van der Waals surface area (Å²) in [5, 5.41) is 4.34. The van der Waals surface area contributed by atoms with Gasteiger partial charge in [-0.1, -0.05) is 41.4 Å². The molecule has 230 valence electrons. The number of likely N-dealkylation sites (N-methyl/N-ethyl adjacent to an activating group) is 1. The number of hydroxylamine groups is 1. The Kier molecular flexibility index (Phi) is 12.1. The molecule has 0 bridgehead atoms. The molecule has 0 atom stereocenters. The predicted molar refractivity (Wildman–Crippen MR) is 174 cm³/mol. The molecule has 4 rings (SSSR count). The number of amides is 3. The fraction of sp³-hybridized carbons (Fsp3) is 0.194. The van der Waals surface area contributed by atoms with Crippen molar-refractivity contribution < 1.29 is 24.0 Å². The number of nitrogens with one attached hydrogen (secondary N) is 1. The van der Waals surface area contributed by atoms with Gasteiger partial charge in [0.15, 0.2) is 0 Å². The van der Waals surface area contributed by atoms with E-state index in [9.17, 15) is 14.4 Å². The smallest absolute Gasteiger partial charge is 0.247 e. The first-order valence-electron chi connectivity index (χ1n) is 13.1. The van der Waals surface area contributed by atoms with E-state index in [1.807, 2.05) is 19.1 Å². The summed E-state index contributed by atoms with van der Waals surface area (Å²) in [7, 11) is 2.95. The lowest BCUT2D eigenvalue weighted by Gasteiger charge is -2.21. The van der Waals surface area contributed by atoms with E-state index in [1.54, 1.807) is 61.8 Å². The summed E-state index contributed by atoms with van der Waals surface area (Å²) in [4.78, 5) is 52.2. The summed E-state index contributed by atoms with van der Waals surface area (Å²) in [5.74, 6) is -0.602. The molecule has 13 heteroatoms. The van der Waals surface area contributed by atoms with E-state index in [0.717, 1.165) is 16.3 Å². The van der Waals surface area contributed by atoms with Crippen LogP contribution in [0.2, 0.25) is 10.0 Å². The Balaban J connectivity index is 0.00000529. The maximum atomic E-state index is 12.9. The first-order chi connectivity index (χ1) is 20.6. The second-order valence-electron chi connectivity index (χ2n) is 9.37. The molecule has 0 fully saturated rings. The van der Waals surface area contributed by atoms with Gasteiger partial charge in [0.25, 0.3) is 0 Å². The van der Waals surface area contributed by atoms with E-state index in [0.29, 0.717) is 38.7 Å². The highest BCUT2D eigenvalue weighted by atomic mass is 35.5. The summed E-state index contributed by atoms with van der Waals surface area (Å²) < 4.78 is 6.03. The molecular weight excluding hydrogens is 629 g/mol. The Bertz CT molecular complexity index is 1700. The fourth-order valence-corrected chi connectivity index (χ4v) is 4.73. The number of anilines is 2. The minimum atomic E-state index is -0.460. The summed E-state index contributed by atoms with van der Waals surface area (Å²) in [6.07, 6.45) is 4.58. The van der Waals surface area contributed by atoms with Gasteiger partial charge in [-0.05, 0) is 55.0 Å². The minimum absolute atomic E-state index is 0. The number of carbonyl (C=O) groups is 3. The number of fused-ring (bicyclic) bond motifs is 1. The Morgan fingerprint density at radius 2 is 1.77 bits per heavy atom. The van der Waals surface area contributed by atoms with Crippen molar-refractivity contribution in [2.45, 2.75) is 20.5 Å². The molecule has 0 saturated heterocycles. The number of para-hydroxylation sites is 1. The van der Waals surface area contributed by atoms with Gasteiger partial charge < -0.3 is 15.0 Å². The Morgan fingerprint density at radius 3 is 2.45 bits per heavy atom. The van der Waals surface area contributed by atoms with Crippen molar-refractivity contribution in [3.63, 3.8) is 0 Å². The Labute approximate surface area is 270 Å². The second-order valence-corrected chi connectivity index (χ2v) is 10.2. The molecule has 0 aliphatic rings. The van der Waals surface area contributed by atoms with Crippen molar-refractivity contribution in [3.8, 4) is 5.75 Å². The first kappa shape index (κ1) is 34.3. The number of hydrogen-bond acceptors (Lipinski definition) is 7. The van der Waals surface area contributed by atoms with Crippen LogP contribution in [0.4, 0.5) is 11.4 Å². The summed E-state index contributed by atoms with van der Waals surface area (Å²) >= 11 is 13.1. The molecule has 0 spiro atoms. The zero-order chi connectivity index (χ0) is 31.1. The van der Waals surface area contributed by atoms with Crippen LogP contribution < -0.4 is 20.0 Å². The number of hydrogen-bond donors (Lipinski definition) is 1. The molecule has 4 aromatic rings. The van der Waals surface area contributed by atoms with E-state index in [1.165, 1.54) is 25.0 Å². The van der Waals surface area contributed by atoms with Crippen LogP contribution in [0.3, 0.4) is 0 Å². The summed E-state index contributed by atoms with van der Waals surface area (Å²) in [5.41, 5.74) is 4.23. The van der Waals surface area contributed by atoms with Gasteiger partial charge in [-0.2, -0.15) is 5.06 Å². The summed E-state index contributed by atoms with van der Waals surface area (Å²) in [6, 6.07) is 15.5. The standard InChI is InChI=1S/C31H29Cl2N5O5.ClH/c1-19-16-34-25-6-5-7-27(31(25)36-19)43-18-23-24(32)13-14-26(30(23)33)37(3)29(41)17-35-28(40)15-10-21-8-11-22(12-9-21)38(42-4)20(2)39;/h5-16H,17-18H2,1-4H3,(H,35,40);1H. The number of carbonyl (C=O) groups excluding carboxylic acids is 3. The fourth-order valence-electron chi connectivity index (χ4n) is 4.12. The maximum absolute atomic E-state index is 12.9. The van der Waals surface area contributed by atoms with Crippen molar-refractivity contribution in [2.24, 2.45) is 0 Å². The first-order valence-corrected chi connectivity index (χ1v) is 13.8. The number of benzene rings is 3. The molecule has 0 aliphatic carbocycles. The topological polar surface area (TPSA) is 114 Å². The molecule has 0 radical (unpaired) electrons. The number of ether oxygens (including phenoxy) is 1. The van der Waals surface area contributed by atoms with Gasteiger partial charge in [-0.25, -0.2) is 4.98 Å². The van der Waals surface area contributed by atoms with Gasteiger partial charge in [-0.3, -0.25) is 24.2 Å². The van der Waals surface area contributed by atoms with E-state index in [2.05, 4.69) is 15.3 Å². The zero-order valence-electron chi connectivity index (χ0n) is 24.3. The molecule has 10 nitrogen and oxygen atoms in total. The Morgan fingerprint density at radius 1 is 1.05 bits per heavy atom. The van der Waals surface area contributed by atoms with Crippen molar-refractivity contribution in [1.29, 1.82) is 0 Å². The lowest BCUT2D eigenvalue weighted by Crippen LogP contribution is -2.37. The van der Waals surface area contributed by atoms with Crippen molar-refractivity contribution >= 4 is 81.8 Å². The maximum Gasteiger partial charge on any atom is 0.247 e. The van der Waals surface area contributed by atoms with Gasteiger partial charge in [0.1, 0.15) is 17.9 Å². The predicted octanol–water partition coefficient (Wildman–Crippen LogP) is 5.95. The summed E-state index contributed by atoms with van der Waals surface area (Å²) in [6.45, 7) is 3.00. The third-order valence-corrected chi connectivity index (χ3v) is 7.14. The number of rotatable bonds is 10. The molecule has 1 heterocycles. The van der Waals surface area contributed by atoms with Crippen LogP contribution in [-0.2, 0) is 25.8 Å². The highest BCUT2D eigenvalue weighted by molar-refractivity contribution is 6.38. The average Bonchev–Trinajstić information content (AvgIpc) is 2.99. The average molecular weight is 659 g/mol. The van der Waals surface area contributed by atoms with Gasteiger partial charge in [0, 0.05) is 36.8 Å². The van der Waals surface area contributed by atoms with Crippen LogP contribution >= 0.6 is 35.6 Å². The third kappa shape index (κ3) is 8.23. The van der Waals surface area contributed by atoms with E-state index < -0.39 is 11.8 Å². The second kappa shape index (κ2) is 15.5. The van der Waals surface area contributed by atoms with E-state index in [4.69, 9.17) is 32.8 Å². The number of aryl methyl sites for hydroxylation is 1. The largest absolute Gasteiger partial charge is 0.486 e. The molecule has 3 amide bonds. The van der Waals surface area contributed by atoms with Gasteiger partial charge in [0.2, 0.25) is 17.7 Å². The normalized spacial score (nSPS) is 10.8. The lowest BCUT2D eigenvalue weighted by atomic mass is 10.2. The lowest BCUT2D eigenvalue weighted by molar-refractivity contribution is -0.122. The molecular formula is C31H30Cl3N5O5. The SMILES string of the molecule is CON(C(C)=O)c1ccc(C=CC(=O)NCC(=O)N(C)c2ccc(Cl)c(COc3cccc4ncc(C)nc34)c2Cl)cc1.Cl. The van der Waals surface area contributed by atoms with Crippen molar-refractivity contribution in [3.05, 3.63) is 93.7 Å². The molecule has 1 aromatic heterocycles. The van der Waals surface area contributed by atoms with E-state index >= 15 is 0 Å². The van der Waals surface area contributed by atoms with Crippen LogP contribution in [0.1, 0.15) is 23.7 Å². The van der Waals surface area contributed by atoms with Crippen LogP contribution in [0.5, 0.6) is 5.75 Å². The Hall–Kier alpha value is -4.22. The van der Waals surface area contributed by atoms with Crippen LogP contribution in [0.15, 0.2) is 66.9 Å². The number of nitrogens with zero attached hydrogens (tertiary/aromatic N) is 4. The molecule has 3 aromatic carbocycles. The highest BCUT2D eigenvalue weighted by Gasteiger charge is 2.19. The molecule has 0 unspecified atom stereocenters. The molecule has 0 aliphatic heterocycles. The van der Waals surface area contributed by atoms with Gasteiger partial charge >= 0.3 is 0 Å². The zero-order valence-corrected chi connectivity index (χ0v) is 26.7. The molecule has 44 heavy (non-hydrogen) atoms. The van der Waals surface area contributed by atoms with Crippen LogP contribution in [0.25, 0.3) is 17.1 Å². The van der Waals surface area contributed by atoms with Gasteiger partial charge in [-0.15, -0.1) is 12.4 Å². The highest BCUT2D eigenvalue weighted by Crippen LogP contribution is 2.35. The monoisotopic (exact) mass is 657 g/mol. The van der Waals surface area contributed by atoms with Crippen LogP contribution in [-0.4, -0.2) is 48.4 Å². The van der Waals surface area contributed by atoms with Crippen molar-refractivity contribution in [1.82, 2.24) is 15.3 Å². The number of halogens is 3. The minimum Gasteiger partial charge on any atom is -0.486 e.